The molecule has 0 aliphatic heterocycles. The molecule has 0 saturated heterocycles. The summed E-state index contributed by atoms with van der Waals surface area (Å²) in [5.41, 5.74) is -0.129. The third-order valence-corrected chi connectivity index (χ3v) is 2.91. The van der Waals surface area contributed by atoms with E-state index < -0.39 is 5.97 Å². The van der Waals surface area contributed by atoms with Crippen molar-refractivity contribution in [3.8, 4) is 0 Å². The number of hydrogen-bond donors (Lipinski definition) is 2. The number of rotatable bonds is 8. The van der Waals surface area contributed by atoms with E-state index in [9.17, 15) is 9.59 Å². The Balaban J connectivity index is 2.48. The van der Waals surface area contributed by atoms with Crippen LogP contribution in [-0.4, -0.2) is 27.2 Å². The van der Waals surface area contributed by atoms with Crippen LogP contribution < -0.4 is 10.9 Å². The Morgan fingerprint density at radius 1 is 1.58 bits per heavy atom. The summed E-state index contributed by atoms with van der Waals surface area (Å²) in [6.07, 6.45) is 5.43. The molecule has 1 rings (SSSR count). The molecule has 19 heavy (non-hydrogen) atoms. The first-order chi connectivity index (χ1) is 9.06. The maximum Gasteiger partial charge on any atom is 0.306 e. The van der Waals surface area contributed by atoms with Gasteiger partial charge in [-0.2, -0.15) is 0 Å². The molecule has 1 aromatic rings. The third kappa shape index (κ3) is 4.73. The van der Waals surface area contributed by atoms with Crippen LogP contribution in [0.3, 0.4) is 0 Å². The Labute approximate surface area is 112 Å². The minimum Gasteiger partial charge on any atom is -0.481 e. The number of aromatic nitrogens is 2. The molecular weight excluding hydrogens is 246 g/mol. The highest BCUT2D eigenvalue weighted by Crippen LogP contribution is 2.05. The molecule has 1 atom stereocenters. The molecule has 0 aromatic carbocycles. The van der Waals surface area contributed by atoms with Crippen molar-refractivity contribution in [3.05, 3.63) is 22.7 Å². The Kier molecular flexibility index (Phi) is 6.05. The van der Waals surface area contributed by atoms with Gasteiger partial charge in [-0.3, -0.25) is 9.59 Å². The number of carboxylic acid groups (broad SMARTS) is 1. The van der Waals surface area contributed by atoms with Crippen molar-refractivity contribution in [2.24, 2.45) is 5.92 Å². The monoisotopic (exact) mass is 267 g/mol. The number of aliphatic carboxylic acids is 1. The third-order valence-electron chi connectivity index (χ3n) is 2.91. The molecule has 0 aliphatic carbocycles. The van der Waals surface area contributed by atoms with E-state index >= 15 is 0 Å². The lowest BCUT2D eigenvalue weighted by Crippen LogP contribution is -2.24. The van der Waals surface area contributed by atoms with Gasteiger partial charge in [0.1, 0.15) is 0 Å². The summed E-state index contributed by atoms with van der Waals surface area (Å²) in [7, 11) is 0. The molecule has 0 bridgehead atoms. The van der Waals surface area contributed by atoms with Gasteiger partial charge in [0.15, 0.2) is 5.82 Å². The lowest BCUT2D eigenvalue weighted by molar-refractivity contribution is -0.141. The van der Waals surface area contributed by atoms with E-state index in [2.05, 4.69) is 10.3 Å². The molecule has 0 aliphatic rings. The van der Waals surface area contributed by atoms with Crippen LogP contribution >= 0.6 is 0 Å². The smallest absolute Gasteiger partial charge is 0.306 e. The zero-order valence-corrected chi connectivity index (χ0v) is 11.4. The highest BCUT2D eigenvalue weighted by molar-refractivity contribution is 5.69. The van der Waals surface area contributed by atoms with Crippen molar-refractivity contribution >= 4 is 11.8 Å². The SMILES string of the molecule is CCCn1ccnc(NCCCC(C)C(=O)O)c1=O. The molecule has 0 spiro atoms. The van der Waals surface area contributed by atoms with Crippen LogP contribution in [0.25, 0.3) is 0 Å². The lowest BCUT2D eigenvalue weighted by Gasteiger charge is -2.09. The molecule has 0 radical (unpaired) electrons. The molecule has 6 heteroatoms. The van der Waals surface area contributed by atoms with Gasteiger partial charge in [-0.15, -0.1) is 0 Å². The van der Waals surface area contributed by atoms with Gasteiger partial charge >= 0.3 is 5.97 Å². The van der Waals surface area contributed by atoms with Crippen molar-refractivity contribution in [2.45, 2.75) is 39.7 Å². The van der Waals surface area contributed by atoms with Gasteiger partial charge in [0.2, 0.25) is 0 Å². The van der Waals surface area contributed by atoms with Crippen LogP contribution in [-0.2, 0) is 11.3 Å². The second kappa shape index (κ2) is 7.56. The molecular formula is C13H21N3O3. The zero-order valence-electron chi connectivity index (χ0n) is 11.4. The first-order valence-corrected chi connectivity index (χ1v) is 6.58. The van der Waals surface area contributed by atoms with Crippen LogP contribution in [0.2, 0.25) is 0 Å². The number of anilines is 1. The predicted molar refractivity (Wildman–Crippen MR) is 73.3 cm³/mol. The fourth-order valence-corrected chi connectivity index (χ4v) is 1.72. The molecule has 6 nitrogen and oxygen atoms in total. The Bertz CT molecular complexity index is 470. The van der Waals surface area contributed by atoms with E-state index in [1.165, 1.54) is 0 Å². The highest BCUT2D eigenvalue weighted by atomic mass is 16.4. The number of nitrogens with zero attached hydrogens (tertiary/aromatic N) is 2. The molecule has 1 aromatic heterocycles. The summed E-state index contributed by atoms with van der Waals surface area (Å²) in [6, 6.07) is 0. The average Bonchev–Trinajstić information content (AvgIpc) is 2.38. The standard InChI is InChI=1S/C13H21N3O3/c1-3-8-16-9-7-15-11(12(16)17)14-6-4-5-10(2)13(18)19/h7,9-10H,3-6,8H2,1-2H3,(H,14,15)(H,18,19). The quantitative estimate of drug-likeness (QED) is 0.698. The normalized spacial score (nSPS) is 12.1. The summed E-state index contributed by atoms with van der Waals surface area (Å²) >= 11 is 0. The van der Waals surface area contributed by atoms with Crippen LogP contribution in [0.1, 0.15) is 33.1 Å². The van der Waals surface area contributed by atoms with Crippen molar-refractivity contribution in [2.75, 3.05) is 11.9 Å². The van der Waals surface area contributed by atoms with Crippen molar-refractivity contribution in [1.29, 1.82) is 0 Å². The molecule has 106 valence electrons. The maximum atomic E-state index is 11.9. The minimum atomic E-state index is -0.789. The average molecular weight is 267 g/mol. The zero-order chi connectivity index (χ0) is 14.3. The van der Waals surface area contributed by atoms with Crippen molar-refractivity contribution in [3.63, 3.8) is 0 Å². The lowest BCUT2D eigenvalue weighted by atomic mass is 10.1. The molecule has 1 unspecified atom stereocenters. The van der Waals surface area contributed by atoms with Gasteiger partial charge in [-0.25, -0.2) is 4.98 Å². The van der Waals surface area contributed by atoms with Gasteiger partial charge < -0.3 is 15.0 Å². The summed E-state index contributed by atoms with van der Waals surface area (Å²) in [6.45, 7) is 4.91. The summed E-state index contributed by atoms with van der Waals surface area (Å²) < 4.78 is 1.62. The molecule has 0 amide bonds. The predicted octanol–water partition coefficient (Wildman–Crippen LogP) is 1.57. The first kappa shape index (κ1) is 15.2. The second-order valence-corrected chi connectivity index (χ2v) is 4.58. The van der Waals surface area contributed by atoms with E-state index in [1.54, 1.807) is 23.9 Å². The number of hydrogen-bond acceptors (Lipinski definition) is 4. The van der Waals surface area contributed by atoms with Crippen molar-refractivity contribution < 1.29 is 9.90 Å². The largest absolute Gasteiger partial charge is 0.481 e. The van der Waals surface area contributed by atoms with E-state index in [1.807, 2.05) is 6.92 Å². The fourth-order valence-electron chi connectivity index (χ4n) is 1.72. The Hall–Kier alpha value is -1.85. The van der Waals surface area contributed by atoms with Gasteiger partial charge in [0.25, 0.3) is 5.56 Å². The van der Waals surface area contributed by atoms with Gasteiger partial charge in [-0.05, 0) is 19.3 Å². The number of carbonyl (C=O) groups is 1. The van der Waals surface area contributed by atoms with Gasteiger partial charge in [0, 0.05) is 25.5 Å². The van der Waals surface area contributed by atoms with E-state index in [4.69, 9.17) is 5.11 Å². The van der Waals surface area contributed by atoms with Crippen LogP contribution in [0.15, 0.2) is 17.2 Å². The first-order valence-electron chi connectivity index (χ1n) is 6.58. The van der Waals surface area contributed by atoms with Gasteiger partial charge in [-0.1, -0.05) is 13.8 Å². The summed E-state index contributed by atoms with van der Waals surface area (Å²) in [5.74, 6) is -0.815. The molecule has 2 N–H and O–H groups in total. The fraction of sp³-hybridized carbons (Fsp3) is 0.615. The van der Waals surface area contributed by atoms with E-state index in [0.717, 1.165) is 6.42 Å². The molecule has 1 heterocycles. The van der Waals surface area contributed by atoms with E-state index in [-0.39, 0.29) is 11.5 Å². The van der Waals surface area contributed by atoms with Crippen molar-refractivity contribution in [1.82, 2.24) is 9.55 Å². The number of nitrogens with one attached hydrogen (secondary N) is 1. The molecule has 0 saturated carbocycles. The maximum absolute atomic E-state index is 11.9. The van der Waals surface area contributed by atoms with Gasteiger partial charge in [0.05, 0.1) is 5.92 Å². The topological polar surface area (TPSA) is 84.2 Å². The Morgan fingerprint density at radius 2 is 2.32 bits per heavy atom. The number of aryl methyl sites for hydroxylation is 1. The second-order valence-electron chi connectivity index (χ2n) is 4.58. The van der Waals surface area contributed by atoms with Crippen LogP contribution in [0, 0.1) is 5.92 Å². The number of carboxylic acids is 1. The highest BCUT2D eigenvalue weighted by Gasteiger charge is 2.10. The van der Waals surface area contributed by atoms with Crippen LogP contribution in [0.4, 0.5) is 5.82 Å². The minimum absolute atomic E-state index is 0.129. The van der Waals surface area contributed by atoms with Crippen LogP contribution in [0.5, 0.6) is 0 Å². The molecule has 0 fully saturated rings. The summed E-state index contributed by atoms with van der Waals surface area (Å²) in [4.78, 5) is 26.6. The van der Waals surface area contributed by atoms with E-state index in [0.29, 0.717) is 31.7 Å². The summed E-state index contributed by atoms with van der Waals surface area (Å²) in [5, 5.41) is 11.7. The Morgan fingerprint density at radius 3 is 2.95 bits per heavy atom.